The van der Waals surface area contributed by atoms with Gasteiger partial charge in [0, 0.05) is 0 Å². The minimum absolute atomic E-state index is 0.277. The van der Waals surface area contributed by atoms with Gasteiger partial charge in [0.1, 0.15) is 0 Å². The Hall–Kier alpha value is -0.870. The molecule has 2 N–H and O–H groups in total. The Labute approximate surface area is 104 Å². The molecule has 0 spiro atoms. The van der Waals surface area contributed by atoms with Crippen LogP contribution in [0.5, 0.6) is 0 Å². The summed E-state index contributed by atoms with van der Waals surface area (Å²) in [6.45, 7) is 0.408. The zero-order valence-electron chi connectivity index (χ0n) is 9.03. The molecule has 0 aliphatic carbocycles. The van der Waals surface area contributed by atoms with Crippen LogP contribution in [0, 0.1) is 0 Å². The number of ether oxygens (including phenoxy) is 1. The van der Waals surface area contributed by atoms with Gasteiger partial charge in [-0.1, -0.05) is 17.7 Å². The largest absolute Gasteiger partial charge is 0.462 e. The molecule has 3 nitrogen and oxygen atoms in total. The van der Waals surface area contributed by atoms with Gasteiger partial charge in [-0.3, -0.25) is 0 Å². The molecule has 0 heterocycles. The maximum atomic E-state index is 11.6. The maximum absolute atomic E-state index is 11.6. The second-order valence-corrected chi connectivity index (χ2v) is 4.58. The van der Waals surface area contributed by atoms with Crippen molar-refractivity contribution in [1.82, 2.24) is 0 Å². The highest BCUT2D eigenvalue weighted by molar-refractivity contribution is 7.98. The van der Waals surface area contributed by atoms with E-state index in [0.717, 1.165) is 12.2 Å². The Kier molecular flexibility index (Phi) is 5.49. The van der Waals surface area contributed by atoms with Crippen LogP contribution in [0.3, 0.4) is 0 Å². The van der Waals surface area contributed by atoms with Gasteiger partial charge in [-0.2, -0.15) is 11.8 Å². The number of nitrogen functional groups attached to an aromatic ring is 1. The van der Waals surface area contributed by atoms with E-state index in [0.29, 0.717) is 17.2 Å². The molecule has 0 atom stereocenters. The average Bonchev–Trinajstić information content (AvgIpc) is 2.28. The first kappa shape index (κ1) is 13.2. The highest BCUT2D eigenvalue weighted by Gasteiger charge is 2.12. The molecule has 0 aromatic heterocycles. The number of carbonyl (C=O) groups excluding carboxylic acids is 1. The highest BCUT2D eigenvalue weighted by atomic mass is 35.5. The zero-order valence-corrected chi connectivity index (χ0v) is 10.6. The molecular weight excluding hydrogens is 246 g/mol. The van der Waals surface area contributed by atoms with Gasteiger partial charge in [0.2, 0.25) is 0 Å². The number of para-hydroxylation sites is 1. The summed E-state index contributed by atoms with van der Waals surface area (Å²) in [5.41, 5.74) is 6.28. The summed E-state index contributed by atoms with van der Waals surface area (Å²) in [6, 6.07) is 4.93. The third-order valence-electron chi connectivity index (χ3n) is 2.00. The van der Waals surface area contributed by atoms with Gasteiger partial charge in [-0.25, -0.2) is 4.79 Å². The summed E-state index contributed by atoms with van der Waals surface area (Å²) in [5.74, 6) is 0.555. The van der Waals surface area contributed by atoms with Crippen LogP contribution >= 0.6 is 23.4 Å². The van der Waals surface area contributed by atoms with Crippen molar-refractivity contribution < 1.29 is 9.53 Å². The molecule has 0 bridgehead atoms. The standard InChI is InChI=1S/C11H14ClNO2S/c1-16-7-3-6-15-11(14)8-4-2-5-9(12)10(8)13/h2,4-5H,3,6-7,13H2,1H3. The van der Waals surface area contributed by atoms with Crippen molar-refractivity contribution in [2.45, 2.75) is 6.42 Å². The number of halogens is 1. The number of hydrogen-bond acceptors (Lipinski definition) is 4. The SMILES string of the molecule is CSCCCOC(=O)c1cccc(Cl)c1N. The Morgan fingerprint density at radius 3 is 3.00 bits per heavy atom. The summed E-state index contributed by atoms with van der Waals surface area (Å²) in [4.78, 5) is 11.6. The summed E-state index contributed by atoms with van der Waals surface area (Å²) in [5, 5.41) is 0.374. The Bertz CT molecular complexity index is 371. The summed E-state index contributed by atoms with van der Waals surface area (Å²) in [6.07, 6.45) is 2.85. The summed E-state index contributed by atoms with van der Waals surface area (Å²) >= 11 is 7.52. The molecule has 0 radical (unpaired) electrons. The topological polar surface area (TPSA) is 52.3 Å². The minimum Gasteiger partial charge on any atom is -0.462 e. The lowest BCUT2D eigenvalue weighted by Crippen LogP contribution is -2.09. The second kappa shape index (κ2) is 6.66. The van der Waals surface area contributed by atoms with E-state index in [1.54, 1.807) is 30.0 Å². The Morgan fingerprint density at radius 2 is 2.31 bits per heavy atom. The van der Waals surface area contributed by atoms with Crippen LogP contribution in [0.4, 0.5) is 5.69 Å². The highest BCUT2D eigenvalue weighted by Crippen LogP contribution is 2.22. The molecule has 1 rings (SSSR count). The number of hydrogen-bond donors (Lipinski definition) is 1. The number of nitrogens with two attached hydrogens (primary N) is 1. The predicted octanol–water partition coefficient (Wildman–Crippen LogP) is 2.83. The van der Waals surface area contributed by atoms with Crippen molar-refractivity contribution in [3.05, 3.63) is 28.8 Å². The predicted molar refractivity (Wildman–Crippen MR) is 69.1 cm³/mol. The van der Waals surface area contributed by atoms with E-state index in [1.807, 2.05) is 6.26 Å². The second-order valence-electron chi connectivity index (χ2n) is 3.18. The number of benzene rings is 1. The van der Waals surface area contributed by atoms with Crippen molar-refractivity contribution in [3.8, 4) is 0 Å². The molecule has 0 aliphatic heterocycles. The van der Waals surface area contributed by atoms with E-state index >= 15 is 0 Å². The summed E-state index contributed by atoms with van der Waals surface area (Å²) in [7, 11) is 0. The van der Waals surface area contributed by atoms with Gasteiger partial charge >= 0.3 is 5.97 Å². The molecule has 5 heteroatoms. The number of thioether (sulfide) groups is 1. The lowest BCUT2D eigenvalue weighted by atomic mass is 10.2. The first-order chi connectivity index (χ1) is 7.66. The van der Waals surface area contributed by atoms with Crippen molar-refractivity contribution in [1.29, 1.82) is 0 Å². The van der Waals surface area contributed by atoms with Crippen molar-refractivity contribution >= 4 is 35.0 Å². The molecular formula is C11H14ClNO2S. The fourth-order valence-corrected chi connectivity index (χ4v) is 1.74. The molecule has 0 fully saturated rings. The number of esters is 1. The van der Waals surface area contributed by atoms with Crippen LogP contribution < -0.4 is 5.73 Å². The van der Waals surface area contributed by atoms with E-state index in [4.69, 9.17) is 22.1 Å². The van der Waals surface area contributed by atoms with Crippen LogP contribution in [0.25, 0.3) is 0 Å². The Balaban J connectivity index is 2.56. The van der Waals surface area contributed by atoms with Crippen LogP contribution in [0.2, 0.25) is 5.02 Å². The van der Waals surface area contributed by atoms with E-state index in [9.17, 15) is 4.79 Å². The fourth-order valence-electron chi connectivity index (χ4n) is 1.16. The molecule has 0 saturated carbocycles. The van der Waals surface area contributed by atoms with Crippen molar-refractivity contribution in [2.24, 2.45) is 0 Å². The molecule has 0 aliphatic rings. The van der Waals surface area contributed by atoms with Crippen molar-refractivity contribution in [2.75, 3.05) is 24.3 Å². The van der Waals surface area contributed by atoms with Crippen LogP contribution in [-0.2, 0) is 4.74 Å². The third-order valence-corrected chi connectivity index (χ3v) is 3.03. The molecule has 1 aromatic carbocycles. The number of carbonyl (C=O) groups is 1. The average molecular weight is 260 g/mol. The monoisotopic (exact) mass is 259 g/mol. The van der Waals surface area contributed by atoms with Crippen molar-refractivity contribution in [3.63, 3.8) is 0 Å². The Morgan fingerprint density at radius 1 is 1.56 bits per heavy atom. The maximum Gasteiger partial charge on any atom is 0.340 e. The third kappa shape index (κ3) is 3.61. The lowest BCUT2D eigenvalue weighted by Gasteiger charge is -2.07. The fraction of sp³-hybridized carbons (Fsp3) is 0.364. The molecule has 1 aromatic rings. The number of anilines is 1. The van der Waals surface area contributed by atoms with E-state index < -0.39 is 5.97 Å². The van der Waals surface area contributed by atoms with Crippen LogP contribution in [-0.4, -0.2) is 24.6 Å². The van der Waals surface area contributed by atoms with E-state index in [2.05, 4.69) is 0 Å². The zero-order chi connectivity index (χ0) is 12.0. The van der Waals surface area contributed by atoms with Crippen LogP contribution in [0.15, 0.2) is 18.2 Å². The first-order valence-electron chi connectivity index (χ1n) is 4.87. The summed E-state index contributed by atoms with van der Waals surface area (Å²) < 4.78 is 5.08. The quantitative estimate of drug-likeness (QED) is 0.502. The lowest BCUT2D eigenvalue weighted by molar-refractivity contribution is 0.0507. The van der Waals surface area contributed by atoms with Gasteiger partial charge in [-0.15, -0.1) is 0 Å². The number of rotatable bonds is 5. The van der Waals surface area contributed by atoms with Gasteiger partial charge in [0.15, 0.2) is 0 Å². The van der Waals surface area contributed by atoms with Gasteiger partial charge in [-0.05, 0) is 30.6 Å². The molecule has 88 valence electrons. The molecule has 0 unspecified atom stereocenters. The minimum atomic E-state index is -0.416. The molecule has 0 amide bonds. The smallest absolute Gasteiger partial charge is 0.340 e. The van der Waals surface area contributed by atoms with E-state index in [-0.39, 0.29) is 5.69 Å². The first-order valence-corrected chi connectivity index (χ1v) is 6.64. The van der Waals surface area contributed by atoms with Crippen LogP contribution in [0.1, 0.15) is 16.8 Å². The molecule has 0 saturated heterocycles. The molecule has 16 heavy (non-hydrogen) atoms. The van der Waals surface area contributed by atoms with E-state index in [1.165, 1.54) is 0 Å². The normalized spacial score (nSPS) is 10.1. The van der Waals surface area contributed by atoms with Gasteiger partial charge in [0.05, 0.1) is 22.9 Å². The van der Waals surface area contributed by atoms with Gasteiger partial charge < -0.3 is 10.5 Å². The van der Waals surface area contributed by atoms with Gasteiger partial charge in [0.25, 0.3) is 0 Å².